The zero-order valence-electron chi connectivity index (χ0n) is 16.7. The quantitative estimate of drug-likeness (QED) is 0.484. The maximum Gasteiger partial charge on any atom is 0.228 e. The number of anilines is 2. The monoisotopic (exact) mass is 433 g/mol. The Hall–Kier alpha value is -3.85. The molecule has 0 fully saturated rings. The average Bonchev–Trinajstić information content (AvgIpc) is 3.22. The molecular weight excluding hydrogens is 414 g/mol. The molecular formula is C22H19N5O3S. The number of carbonyl (C=O) groups excluding carboxylic acids is 2. The van der Waals surface area contributed by atoms with Crippen molar-refractivity contribution in [1.82, 2.24) is 14.8 Å². The van der Waals surface area contributed by atoms with Crippen LogP contribution < -0.4 is 16.1 Å². The molecule has 0 atom stereocenters. The van der Waals surface area contributed by atoms with Gasteiger partial charge >= 0.3 is 0 Å². The van der Waals surface area contributed by atoms with Crippen LogP contribution in [0.1, 0.15) is 13.3 Å². The number of aromatic nitrogens is 3. The summed E-state index contributed by atoms with van der Waals surface area (Å²) in [6, 6.07) is 14.5. The SMILES string of the molecule is CC(=O)Nc1ccc(-c2csc(NC(=O)CCn3ncc(=O)c4ccccc43)n2)cc1. The molecule has 4 aromatic rings. The first-order valence-corrected chi connectivity index (χ1v) is 10.5. The van der Waals surface area contributed by atoms with Gasteiger partial charge in [-0.1, -0.05) is 24.3 Å². The van der Waals surface area contributed by atoms with Crippen LogP contribution in [0.5, 0.6) is 0 Å². The number of thiazole rings is 1. The van der Waals surface area contributed by atoms with Gasteiger partial charge in [0.15, 0.2) is 5.13 Å². The smallest absolute Gasteiger partial charge is 0.228 e. The van der Waals surface area contributed by atoms with E-state index in [0.717, 1.165) is 11.3 Å². The van der Waals surface area contributed by atoms with Gasteiger partial charge in [-0.3, -0.25) is 19.1 Å². The summed E-state index contributed by atoms with van der Waals surface area (Å²) in [6.45, 7) is 1.80. The number of nitrogens with one attached hydrogen (secondary N) is 2. The maximum atomic E-state index is 12.4. The molecule has 2 aromatic carbocycles. The third-order valence-electron chi connectivity index (χ3n) is 4.56. The molecule has 0 aliphatic carbocycles. The van der Waals surface area contributed by atoms with Crippen molar-refractivity contribution < 1.29 is 9.59 Å². The second-order valence-corrected chi connectivity index (χ2v) is 7.70. The van der Waals surface area contributed by atoms with Crippen molar-refractivity contribution in [2.24, 2.45) is 0 Å². The van der Waals surface area contributed by atoms with Crippen LogP contribution >= 0.6 is 11.3 Å². The molecule has 0 unspecified atom stereocenters. The van der Waals surface area contributed by atoms with Crippen LogP contribution in [0, 0.1) is 0 Å². The van der Waals surface area contributed by atoms with Crippen molar-refractivity contribution in [2.75, 3.05) is 10.6 Å². The molecule has 2 amide bonds. The summed E-state index contributed by atoms with van der Waals surface area (Å²) < 4.78 is 1.65. The Labute approximate surface area is 181 Å². The van der Waals surface area contributed by atoms with Gasteiger partial charge in [0.05, 0.1) is 24.0 Å². The predicted octanol–water partition coefficient (Wildman–Crippen LogP) is 3.51. The van der Waals surface area contributed by atoms with Crippen molar-refractivity contribution in [1.29, 1.82) is 0 Å². The lowest BCUT2D eigenvalue weighted by Gasteiger charge is -2.08. The second kappa shape index (κ2) is 8.88. The molecule has 0 saturated carbocycles. The largest absolute Gasteiger partial charge is 0.326 e. The van der Waals surface area contributed by atoms with E-state index in [0.29, 0.717) is 28.3 Å². The molecule has 2 heterocycles. The van der Waals surface area contributed by atoms with Crippen molar-refractivity contribution >= 4 is 44.9 Å². The fraction of sp³-hybridized carbons (Fsp3) is 0.136. The van der Waals surface area contributed by atoms with Gasteiger partial charge in [-0.05, 0) is 24.3 Å². The van der Waals surface area contributed by atoms with Gasteiger partial charge < -0.3 is 10.6 Å². The molecule has 2 aromatic heterocycles. The molecule has 0 aliphatic heterocycles. The maximum absolute atomic E-state index is 12.4. The van der Waals surface area contributed by atoms with Gasteiger partial charge in [-0.15, -0.1) is 11.3 Å². The highest BCUT2D eigenvalue weighted by atomic mass is 32.1. The summed E-state index contributed by atoms with van der Waals surface area (Å²) in [4.78, 5) is 39.9. The minimum atomic E-state index is -0.188. The van der Waals surface area contributed by atoms with Crippen molar-refractivity contribution in [2.45, 2.75) is 19.9 Å². The average molecular weight is 433 g/mol. The zero-order valence-corrected chi connectivity index (χ0v) is 17.5. The predicted molar refractivity (Wildman–Crippen MR) is 121 cm³/mol. The van der Waals surface area contributed by atoms with E-state index in [-0.39, 0.29) is 23.7 Å². The third-order valence-corrected chi connectivity index (χ3v) is 5.32. The number of fused-ring (bicyclic) bond motifs is 1. The topological polar surface area (TPSA) is 106 Å². The molecule has 0 bridgehead atoms. The van der Waals surface area contributed by atoms with Gasteiger partial charge in [0.2, 0.25) is 17.2 Å². The van der Waals surface area contributed by atoms with E-state index in [1.165, 1.54) is 24.5 Å². The van der Waals surface area contributed by atoms with Crippen LogP contribution in [-0.4, -0.2) is 26.6 Å². The van der Waals surface area contributed by atoms with E-state index in [1.54, 1.807) is 28.9 Å². The van der Waals surface area contributed by atoms with E-state index in [4.69, 9.17) is 0 Å². The van der Waals surface area contributed by atoms with Crippen molar-refractivity contribution in [3.63, 3.8) is 0 Å². The van der Waals surface area contributed by atoms with Gasteiger partial charge in [-0.25, -0.2) is 4.98 Å². The summed E-state index contributed by atoms with van der Waals surface area (Å²) in [7, 11) is 0. The molecule has 0 aliphatic rings. The van der Waals surface area contributed by atoms with Gasteiger partial charge in [-0.2, -0.15) is 5.10 Å². The van der Waals surface area contributed by atoms with Crippen LogP contribution in [0.15, 0.2) is 64.9 Å². The summed E-state index contributed by atoms with van der Waals surface area (Å²) in [5.74, 6) is -0.316. The Balaban J connectivity index is 1.39. The summed E-state index contributed by atoms with van der Waals surface area (Å²) in [6.07, 6.45) is 1.46. The fourth-order valence-electron chi connectivity index (χ4n) is 3.12. The Bertz CT molecular complexity index is 1310. The Morgan fingerprint density at radius 3 is 2.61 bits per heavy atom. The van der Waals surface area contributed by atoms with E-state index in [2.05, 4.69) is 20.7 Å². The number of aryl methyl sites for hydroxylation is 1. The molecule has 0 spiro atoms. The zero-order chi connectivity index (χ0) is 21.8. The van der Waals surface area contributed by atoms with Crippen molar-refractivity contribution in [3.05, 3.63) is 70.3 Å². The van der Waals surface area contributed by atoms with Gasteiger partial charge in [0, 0.05) is 35.4 Å². The Morgan fingerprint density at radius 2 is 1.84 bits per heavy atom. The molecule has 8 nitrogen and oxygen atoms in total. The molecule has 9 heteroatoms. The number of rotatable bonds is 6. The first-order chi connectivity index (χ1) is 15.0. The molecule has 4 rings (SSSR count). The van der Waals surface area contributed by atoms with Crippen LogP contribution in [0.25, 0.3) is 22.2 Å². The number of amides is 2. The van der Waals surface area contributed by atoms with E-state index >= 15 is 0 Å². The van der Waals surface area contributed by atoms with Crippen LogP contribution in [-0.2, 0) is 16.1 Å². The highest BCUT2D eigenvalue weighted by molar-refractivity contribution is 7.14. The molecule has 31 heavy (non-hydrogen) atoms. The number of hydrogen-bond acceptors (Lipinski definition) is 6. The summed E-state index contributed by atoms with van der Waals surface area (Å²) in [5.41, 5.74) is 2.89. The third kappa shape index (κ3) is 4.84. The Kier molecular flexibility index (Phi) is 5.85. The van der Waals surface area contributed by atoms with Crippen LogP contribution in [0.2, 0.25) is 0 Å². The lowest BCUT2D eigenvalue weighted by Crippen LogP contribution is -2.17. The molecule has 0 saturated heterocycles. The summed E-state index contributed by atoms with van der Waals surface area (Å²) in [5, 5.41) is 12.6. The first kappa shape index (κ1) is 20.4. The minimum absolute atomic E-state index is 0.128. The number of benzene rings is 2. The summed E-state index contributed by atoms with van der Waals surface area (Å²) >= 11 is 1.34. The lowest BCUT2D eigenvalue weighted by atomic mass is 10.1. The van der Waals surface area contributed by atoms with Crippen LogP contribution in [0.4, 0.5) is 10.8 Å². The van der Waals surface area contributed by atoms with Gasteiger partial charge in [0.25, 0.3) is 0 Å². The standard InChI is InChI=1S/C22H19N5O3S/c1-14(28)24-16-8-6-15(7-9-16)18-13-31-22(25-18)26-21(30)10-11-27-19-5-3-2-4-17(19)20(29)12-23-27/h2-9,12-13H,10-11H2,1H3,(H,24,28)(H,25,26,30). The number of para-hydroxylation sites is 1. The number of nitrogens with zero attached hydrogens (tertiary/aromatic N) is 3. The number of carbonyl (C=O) groups is 2. The highest BCUT2D eigenvalue weighted by Crippen LogP contribution is 2.26. The number of hydrogen-bond donors (Lipinski definition) is 2. The highest BCUT2D eigenvalue weighted by Gasteiger charge is 2.10. The molecule has 156 valence electrons. The van der Waals surface area contributed by atoms with E-state index in [9.17, 15) is 14.4 Å². The van der Waals surface area contributed by atoms with E-state index in [1.807, 2.05) is 29.6 Å². The van der Waals surface area contributed by atoms with Crippen LogP contribution in [0.3, 0.4) is 0 Å². The fourth-order valence-corrected chi connectivity index (χ4v) is 3.86. The normalized spacial score (nSPS) is 10.7. The van der Waals surface area contributed by atoms with Crippen molar-refractivity contribution in [3.8, 4) is 11.3 Å². The minimum Gasteiger partial charge on any atom is -0.326 e. The Morgan fingerprint density at radius 1 is 1.06 bits per heavy atom. The molecule has 2 N–H and O–H groups in total. The molecule has 0 radical (unpaired) electrons. The lowest BCUT2D eigenvalue weighted by molar-refractivity contribution is -0.116. The van der Waals surface area contributed by atoms with E-state index < -0.39 is 0 Å². The second-order valence-electron chi connectivity index (χ2n) is 6.84. The van der Waals surface area contributed by atoms with Gasteiger partial charge in [0.1, 0.15) is 0 Å². The first-order valence-electron chi connectivity index (χ1n) is 9.58.